The Morgan fingerprint density at radius 3 is 2.42 bits per heavy atom. The predicted molar refractivity (Wildman–Crippen MR) is 89.2 cm³/mol. The molecular formula is C16H22N4O4. The number of carbonyl (C=O) groups is 1. The van der Waals surface area contributed by atoms with Crippen LogP contribution in [0.5, 0.6) is 0 Å². The van der Waals surface area contributed by atoms with Crippen LogP contribution in [-0.2, 0) is 29.2 Å². The zero-order valence-electron chi connectivity index (χ0n) is 14.0. The van der Waals surface area contributed by atoms with Crippen molar-refractivity contribution in [2.45, 2.75) is 33.5 Å². The summed E-state index contributed by atoms with van der Waals surface area (Å²) in [7, 11) is 0. The van der Waals surface area contributed by atoms with Crippen molar-refractivity contribution in [3.05, 3.63) is 33.1 Å². The summed E-state index contributed by atoms with van der Waals surface area (Å²) in [5.74, 6) is -0.0365. The summed E-state index contributed by atoms with van der Waals surface area (Å²) in [4.78, 5) is 39.2. The first-order chi connectivity index (χ1) is 11.6. The van der Waals surface area contributed by atoms with E-state index in [0.717, 1.165) is 0 Å². The van der Waals surface area contributed by atoms with E-state index < -0.39 is 0 Å². The predicted octanol–water partition coefficient (Wildman–Crippen LogP) is -0.137. The molecule has 0 aliphatic carbocycles. The number of aromatic nitrogens is 3. The van der Waals surface area contributed by atoms with E-state index in [1.165, 1.54) is 4.57 Å². The summed E-state index contributed by atoms with van der Waals surface area (Å²) in [6.07, 6.45) is 1.70. The topological polar surface area (TPSA) is 78.5 Å². The molecule has 0 atom stereocenters. The molecule has 1 aliphatic rings. The van der Waals surface area contributed by atoms with Gasteiger partial charge in [-0.05, 0) is 19.9 Å². The monoisotopic (exact) mass is 334 g/mol. The molecule has 3 heterocycles. The van der Waals surface area contributed by atoms with Gasteiger partial charge in [-0.25, -0.2) is 4.79 Å². The first-order valence-corrected chi connectivity index (χ1v) is 8.26. The largest absolute Gasteiger partial charge is 0.378 e. The van der Waals surface area contributed by atoms with Crippen LogP contribution in [0.2, 0.25) is 0 Å². The van der Waals surface area contributed by atoms with Crippen molar-refractivity contribution in [1.29, 1.82) is 0 Å². The zero-order valence-corrected chi connectivity index (χ0v) is 14.0. The van der Waals surface area contributed by atoms with E-state index in [0.29, 0.717) is 50.4 Å². The fourth-order valence-corrected chi connectivity index (χ4v) is 3.15. The summed E-state index contributed by atoms with van der Waals surface area (Å²) >= 11 is 0. The van der Waals surface area contributed by atoms with Gasteiger partial charge in [0.25, 0.3) is 5.56 Å². The third kappa shape index (κ3) is 2.66. The fraction of sp³-hybridized carbons (Fsp3) is 0.562. The van der Waals surface area contributed by atoms with E-state index >= 15 is 0 Å². The molecule has 24 heavy (non-hydrogen) atoms. The minimum absolute atomic E-state index is 0.0365. The van der Waals surface area contributed by atoms with E-state index in [1.54, 1.807) is 33.2 Å². The van der Waals surface area contributed by atoms with Gasteiger partial charge in [-0.15, -0.1) is 0 Å². The van der Waals surface area contributed by atoms with Crippen LogP contribution in [0.15, 0.2) is 21.9 Å². The number of ether oxygens (including phenoxy) is 1. The molecule has 1 amide bonds. The van der Waals surface area contributed by atoms with Crippen LogP contribution in [0, 0.1) is 0 Å². The minimum Gasteiger partial charge on any atom is -0.378 e. The average molecular weight is 334 g/mol. The molecule has 0 bridgehead atoms. The summed E-state index contributed by atoms with van der Waals surface area (Å²) in [6.45, 7) is 6.72. The van der Waals surface area contributed by atoms with Gasteiger partial charge in [0.15, 0.2) is 0 Å². The Bertz CT molecular complexity index is 871. The number of nitrogens with zero attached hydrogens (tertiary/aromatic N) is 4. The second-order valence-electron chi connectivity index (χ2n) is 5.75. The second-order valence-corrected chi connectivity index (χ2v) is 5.75. The van der Waals surface area contributed by atoms with Crippen LogP contribution >= 0.6 is 0 Å². The van der Waals surface area contributed by atoms with E-state index in [1.807, 2.05) is 6.92 Å². The Hall–Kier alpha value is -2.35. The maximum Gasteiger partial charge on any atom is 0.332 e. The molecule has 0 unspecified atom stereocenters. The van der Waals surface area contributed by atoms with E-state index in [2.05, 4.69) is 0 Å². The Labute approximate surface area is 138 Å². The first-order valence-electron chi connectivity index (χ1n) is 8.26. The van der Waals surface area contributed by atoms with Crippen molar-refractivity contribution in [2.75, 3.05) is 26.3 Å². The number of aryl methyl sites for hydroxylation is 1. The molecule has 0 saturated carbocycles. The lowest BCUT2D eigenvalue weighted by Gasteiger charge is -2.27. The molecule has 8 heteroatoms. The molecule has 130 valence electrons. The lowest BCUT2D eigenvalue weighted by molar-refractivity contribution is -0.135. The molecular weight excluding hydrogens is 312 g/mol. The van der Waals surface area contributed by atoms with Gasteiger partial charge in [-0.3, -0.25) is 18.7 Å². The quantitative estimate of drug-likeness (QED) is 0.780. The van der Waals surface area contributed by atoms with Crippen LogP contribution < -0.4 is 11.2 Å². The first kappa shape index (κ1) is 16.5. The Morgan fingerprint density at radius 1 is 1.12 bits per heavy atom. The van der Waals surface area contributed by atoms with E-state index in [-0.39, 0.29) is 23.7 Å². The summed E-state index contributed by atoms with van der Waals surface area (Å²) in [5.41, 5.74) is -0.130. The van der Waals surface area contributed by atoms with Crippen molar-refractivity contribution in [2.24, 2.45) is 0 Å². The molecule has 8 nitrogen and oxygen atoms in total. The third-order valence-corrected chi connectivity index (χ3v) is 4.43. The second kappa shape index (κ2) is 6.64. The van der Waals surface area contributed by atoms with Gasteiger partial charge < -0.3 is 14.2 Å². The van der Waals surface area contributed by atoms with Gasteiger partial charge in [0, 0.05) is 32.4 Å². The Morgan fingerprint density at radius 2 is 1.79 bits per heavy atom. The molecule has 1 fully saturated rings. The number of carbonyl (C=O) groups excluding carboxylic acids is 1. The van der Waals surface area contributed by atoms with Crippen molar-refractivity contribution in [3.63, 3.8) is 0 Å². The summed E-state index contributed by atoms with van der Waals surface area (Å²) < 4.78 is 9.72. The van der Waals surface area contributed by atoms with Crippen molar-refractivity contribution in [1.82, 2.24) is 18.6 Å². The average Bonchev–Trinajstić information content (AvgIpc) is 3.00. The molecule has 0 aromatic carbocycles. The Balaban J connectivity index is 2.05. The van der Waals surface area contributed by atoms with Gasteiger partial charge in [0.05, 0.1) is 18.6 Å². The van der Waals surface area contributed by atoms with Gasteiger partial charge in [-0.1, -0.05) is 0 Å². The number of amides is 1. The normalized spacial score (nSPS) is 15.2. The lowest BCUT2D eigenvalue weighted by atomic mass is 10.3. The number of fused-ring (bicyclic) bond motifs is 1. The fourth-order valence-electron chi connectivity index (χ4n) is 3.15. The van der Waals surface area contributed by atoms with E-state index in [9.17, 15) is 14.4 Å². The highest BCUT2D eigenvalue weighted by Crippen LogP contribution is 2.12. The third-order valence-electron chi connectivity index (χ3n) is 4.43. The molecule has 0 N–H and O–H groups in total. The lowest BCUT2D eigenvalue weighted by Crippen LogP contribution is -2.43. The van der Waals surface area contributed by atoms with Crippen LogP contribution in [0.1, 0.15) is 13.8 Å². The molecule has 3 rings (SSSR count). The molecule has 1 saturated heterocycles. The van der Waals surface area contributed by atoms with Crippen LogP contribution in [0.3, 0.4) is 0 Å². The number of rotatable bonds is 4. The number of hydrogen-bond donors (Lipinski definition) is 0. The smallest absolute Gasteiger partial charge is 0.332 e. The SMILES string of the molecule is CCn1c(=O)c2ccn(CC(=O)N3CCOCC3)c2n(CC)c1=O. The highest BCUT2D eigenvalue weighted by molar-refractivity contribution is 5.81. The Kier molecular flexibility index (Phi) is 4.57. The molecule has 0 spiro atoms. The molecule has 2 aromatic heterocycles. The van der Waals surface area contributed by atoms with Crippen LogP contribution in [0.4, 0.5) is 0 Å². The number of hydrogen-bond acceptors (Lipinski definition) is 4. The molecule has 2 aromatic rings. The highest BCUT2D eigenvalue weighted by atomic mass is 16.5. The summed E-state index contributed by atoms with van der Waals surface area (Å²) in [5, 5.41) is 0.466. The maximum atomic E-state index is 12.5. The van der Waals surface area contributed by atoms with E-state index in [4.69, 9.17) is 4.74 Å². The van der Waals surface area contributed by atoms with Gasteiger partial charge in [0.2, 0.25) is 5.91 Å². The van der Waals surface area contributed by atoms with Gasteiger partial charge >= 0.3 is 5.69 Å². The number of morpholine rings is 1. The van der Waals surface area contributed by atoms with Crippen molar-refractivity contribution >= 4 is 16.9 Å². The van der Waals surface area contributed by atoms with Gasteiger partial charge in [0.1, 0.15) is 12.2 Å². The highest BCUT2D eigenvalue weighted by Gasteiger charge is 2.20. The summed E-state index contributed by atoms with van der Waals surface area (Å²) in [6, 6.07) is 1.68. The molecule has 0 radical (unpaired) electrons. The minimum atomic E-state index is -0.337. The van der Waals surface area contributed by atoms with Crippen molar-refractivity contribution in [3.8, 4) is 0 Å². The van der Waals surface area contributed by atoms with Crippen LogP contribution in [-0.4, -0.2) is 50.8 Å². The molecule has 1 aliphatic heterocycles. The standard InChI is InChI=1S/C16H22N4O4/c1-3-19-14-12(15(22)20(4-2)16(19)23)5-6-18(14)11-13(21)17-7-9-24-10-8-17/h5-6H,3-4,7-11H2,1-2H3. The van der Waals surface area contributed by atoms with Gasteiger partial charge in [-0.2, -0.15) is 0 Å². The van der Waals surface area contributed by atoms with Crippen LogP contribution in [0.25, 0.3) is 11.0 Å². The van der Waals surface area contributed by atoms with Crippen molar-refractivity contribution < 1.29 is 9.53 Å². The zero-order chi connectivity index (χ0) is 17.3. The maximum absolute atomic E-state index is 12.5.